The molecule has 1 fully saturated rings. The molecule has 4 rings (SSSR count). The van der Waals surface area contributed by atoms with E-state index in [1.165, 1.54) is 28.4 Å². The maximum atomic E-state index is 13.0. The summed E-state index contributed by atoms with van der Waals surface area (Å²) in [7, 11) is 0. The van der Waals surface area contributed by atoms with Gasteiger partial charge in [-0.2, -0.15) is 0 Å². The fourth-order valence-corrected chi connectivity index (χ4v) is 4.15. The van der Waals surface area contributed by atoms with Crippen LogP contribution in [-0.4, -0.2) is 46.0 Å². The van der Waals surface area contributed by atoms with Gasteiger partial charge in [-0.15, -0.1) is 11.3 Å². The molecule has 0 saturated carbocycles. The highest BCUT2D eigenvalue weighted by molar-refractivity contribution is 7.12. The SMILES string of the molecule is Nc1cccc2c1C(=O)N(C(=O)[C@@H]1CCCN1C(=O)c1cccs1)C2=O. The summed E-state index contributed by atoms with van der Waals surface area (Å²) in [6, 6.07) is 7.18. The highest BCUT2D eigenvalue weighted by Gasteiger charge is 2.46. The Morgan fingerprint density at radius 1 is 1.12 bits per heavy atom. The van der Waals surface area contributed by atoms with Gasteiger partial charge in [-0.25, -0.2) is 4.90 Å². The minimum absolute atomic E-state index is 0.0555. The predicted molar refractivity (Wildman–Crippen MR) is 94.7 cm³/mol. The molecular weight excluding hydrogens is 354 g/mol. The topological polar surface area (TPSA) is 101 Å². The molecule has 2 aromatic rings. The third-order valence-corrected chi connectivity index (χ3v) is 5.56. The number of nitrogen functional groups attached to an aromatic ring is 1. The Bertz CT molecular complexity index is 938. The van der Waals surface area contributed by atoms with Crippen molar-refractivity contribution in [3.05, 3.63) is 51.7 Å². The number of carbonyl (C=O) groups excluding carboxylic acids is 4. The number of thiophene rings is 1. The number of nitrogens with zero attached hydrogens (tertiary/aromatic N) is 2. The number of carbonyl (C=O) groups is 4. The summed E-state index contributed by atoms with van der Waals surface area (Å²) < 4.78 is 0. The number of anilines is 1. The van der Waals surface area contributed by atoms with E-state index >= 15 is 0 Å². The Morgan fingerprint density at radius 2 is 1.92 bits per heavy atom. The lowest BCUT2D eigenvalue weighted by molar-refractivity contribution is -0.130. The Kier molecular flexibility index (Phi) is 3.84. The van der Waals surface area contributed by atoms with Crippen LogP contribution in [0.2, 0.25) is 0 Å². The summed E-state index contributed by atoms with van der Waals surface area (Å²) in [6.45, 7) is 0.415. The summed E-state index contributed by atoms with van der Waals surface area (Å²) in [5.41, 5.74) is 6.15. The molecule has 1 atom stereocenters. The minimum atomic E-state index is -0.826. The van der Waals surface area contributed by atoms with Crippen LogP contribution in [0.5, 0.6) is 0 Å². The first-order valence-electron chi connectivity index (χ1n) is 8.16. The van der Waals surface area contributed by atoms with Gasteiger partial charge in [-0.1, -0.05) is 12.1 Å². The Hall–Kier alpha value is -3.00. The summed E-state index contributed by atoms with van der Waals surface area (Å²) in [5, 5.41) is 1.78. The number of likely N-dealkylation sites (tertiary alicyclic amines) is 1. The molecule has 0 aliphatic carbocycles. The zero-order valence-corrected chi connectivity index (χ0v) is 14.5. The van der Waals surface area contributed by atoms with Crippen LogP contribution in [0, 0.1) is 0 Å². The number of amides is 4. The monoisotopic (exact) mass is 369 g/mol. The molecule has 0 spiro atoms. The fourth-order valence-electron chi connectivity index (χ4n) is 3.47. The highest BCUT2D eigenvalue weighted by Crippen LogP contribution is 2.31. The minimum Gasteiger partial charge on any atom is -0.398 e. The van der Waals surface area contributed by atoms with E-state index in [1.807, 2.05) is 0 Å². The molecule has 1 aromatic carbocycles. The van der Waals surface area contributed by atoms with Crippen LogP contribution in [0.3, 0.4) is 0 Å². The van der Waals surface area contributed by atoms with Gasteiger partial charge in [0.05, 0.1) is 16.0 Å². The average Bonchev–Trinajstić information content (AvgIpc) is 3.35. The van der Waals surface area contributed by atoms with E-state index < -0.39 is 23.8 Å². The van der Waals surface area contributed by atoms with Gasteiger partial charge in [0.15, 0.2) is 0 Å². The molecule has 8 heteroatoms. The van der Waals surface area contributed by atoms with Crippen molar-refractivity contribution in [1.29, 1.82) is 0 Å². The van der Waals surface area contributed by atoms with E-state index in [9.17, 15) is 19.2 Å². The molecule has 2 aliphatic heterocycles. The first-order valence-corrected chi connectivity index (χ1v) is 9.04. The molecule has 2 N–H and O–H groups in total. The van der Waals surface area contributed by atoms with Gasteiger partial charge in [0, 0.05) is 12.2 Å². The van der Waals surface area contributed by atoms with E-state index in [0.717, 1.165) is 0 Å². The first kappa shape index (κ1) is 16.5. The Morgan fingerprint density at radius 3 is 2.62 bits per heavy atom. The molecule has 0 unspecified atom stereocenters. The van der Waals surface area contributed by atoms with Gasteiger partial charge in [-0.3, -0.25) is 19.2 Å². The predicted octanol–water partition coefficient (Wildman–Crippen LogP) is 1.76. The van der Waals surface area contributed by atoms with Crippen molar-refractivity contribution in [2.24, 2.45) is 0 Å². The van der Waals surface area contributed by atoms with Gasteiger partial charge >= 0.3 is 0 Å². The molecule has 0 radical (unpaired) electrons. The number of nitrogens with two attached hydrogens (primary N) is 1. The van der Waals surface area contributed by atoms with Crippen LogP contribution in [0.4, 0.5) is 5.69 Å². The number of benzene rings is 1. The second-order valence-electron chi connectivity index (χ2n) is 6.19. The molecule has 7 nitrogen and oxygen atoms in total. The number of rotatable bonds is 2. The van der Waals surface area contributed by atoms with Crippen molar-refractivity contribution >= 4 is 40.7 Å². The standard InChI is InChI=1S/C18H15N3O4S/c19-11-5-1-4-10-14(11)18(25)21(15(10)22)16(23)12-6-2-8-20(12)17(24)13-7-3-9-26-13/h1,3-5,7,9,12H,2,6,8,19H2/t12-/m0/s1. The van der Waals surface area contributed by atoms with E-state index in [-0.39, 0.29) is 22.7 Å². The number of fused-ring (bicyclic) bond motifs is 1. The quantitative estimate of drug-likeness (QED) is 0.642. The van der Waals surface area contributed by atoms with Crippen molar-refractivity contribution in [3.63, 3.8) is 0 Å². The van der Waals surface area contributed by atoms with Crippen molar-refractivity contribution in [2.45, 2.75) is 18.9 Å². The number of hydrogen-bond acceptors (Lipinski definition) is 6. The van der Waals surface area contributed by atoms with Crippen LogP contribution in [-0.2, 0) is 4.79 Å². The third kappa shape index (κ3) is 2.33. The highest BCUT2D eigenvalue weighted by atomic mass is 32.1. The van der Waals surface area contributed by atoms with Crippen molar-refractivity contribution in [3.8, 4) is 0 Å². The second kappa shape index (κ2) is 6.06. The van der Waals surface area contributed by atoms with Gasteiger partial charge in [0.2, 0.25) is 0 Å². The lowest BCUT2D eigenvalue weighted by atomic mass is 10.1. The van der Waals surface area contributed by atoms with Gasteiger partial charge < -0.3 is 10.6 Å². The molecule has 2 aliphatic rings. The van der Waals surface area contributed by atoms with E-state index in [1.54, 1.807) is 23.6 Å². The van der Waals surface area contributed by atoms with Crippen LogP contribution < -0.4 is 5.73 Å². The van der Waals surface area contributed by atoms with E-state index in [0.29, 0.717) is 29.2 Å². The van der Waals surface area contributed by atoms with Crippen molar-refractivity contribution in [1.82, 2.24) is 9.80 Å². The Labute approximate surface area is 153 Å². The van der Waals surface area contributed by atoms with Gasteiger partial charge in [0.25, 0.3) is 23.6 Å². The average molecular weight is 369 g/mol. The van der Waals surface area contributed by atoms with Crippen molar-refractivity contribution < 1.29 is 19.2 Å². The molecule has 4 amide bonds. The normalized spacial score (nSPS) is 19.2. The van der Waals surface area contributed by atoms with E-state index in [4.69, 9.17) is 5.73 Å². The summed E-state index contributed by atoms with van der Waals surface area (Å²) in [5.74, 6) is -2.33. The molecule has 1 saturated heterocycles. The van der Waals surface area contributed by atoms with Gasteiger partial charge in [-0.05, 0) is 36.4 Å². The smallest absolute Gasteiger partial charge is 0.270 e. The molecule has 132 valence electrons. The van der Waals surface area contributed by atoms with Gasteiger partial charge in [0.1, 0.15) is 6.04 Å². The second-order valence-corrected chi connectivity index (χ2v) is 7.14. The zero-order chi connectivity index (χ0) is 18.4. The van der Waals surface area contributed by atoms with Crippen molar-refractivity contribution in [2.75, 3.05) is 12.3 Å². The number of hydrogen-bond donors (Lipinski definition) is 1. The van der Waals surface area contributed by atoms with Crippen LogP contribution >= 0.6 is 11.3 Å². The van der Waals surface area contributed by atoms with Crippen LogP contribution in [0.1, 0.15) is 43.2 Å². The maximum absolute atomic E-state index is 13.0. The number of imide groups is 3. The third-order valence-electron chi connectivity index (χ3n) is 4.70. The molecular formula is C18H15N3O4S. The molecule has 1 aromatic heterocycles. The zero-order valence-electron chi connectivity index (χ0n) is 13.7. The summed E-state index contributed by atoms with van der Waals surface area (Å²) in [4.78, 5) is 53.5. The first-order chi connectivity index (χ1) is 12.5. The summed E-state index contributed by atoms with van der Waals surface area (Å²) in [6.07, 6.45) is 1.05. The van der Waals surface area contributed by atoms with Crippen LogP contribution in [0.25, 0.3) is 0 Å². The van der Waals surface area contributed by atoms with E-state index in [2.05, 4.69) is 0 Å². The molecule has 3 heterocycles. The molecule has 26 heavy (non-hydrogen) atoms. The lowest BCUT2D eigenvalue weighted by Gasteiger charge is -2.25. The maximum Gasteiger partial charge on any atom is 0.270 e. The van der Waals surface area contributed by atoms with Crippen LogP contribution in [0.15, 0.2) is 35.7 Å². The summed E-state index contributed by atoms with van der Waals surface area (Å²) >= 11 is 1.29. The fraction of sp³-hybridized carbons (Fsp3) is 0.222. The largest absolute Gasteiger partial charge is 0.398 e. The lowest BCUT2D eigenvalue weighted by Crippen LogP contribution is -2.49. The Balaban J connectivity index is 1.64. The molecule has 0 bridgehead atoms.